The van der Waals surface area contributed by atoms with Gasteiger partial charge in [0.2, 0.25) is 10.0 Å². The molecule has 1 aromatic carbocycles. The van der Waals surface area contributed by atoms with Gasteiger partial charge in [-0.05, 0) is 62.1 Å². The van der Waals surface area contributed by atoms with E-state index in [-0.39, 0.29) is 30.1 Å². The van der Waals surface area contributed by atoms with Gasteiger partial charge in [0.1, 0.15) is 0 Å². The quantitative estimate of drug-likeness (QED) is 0.503. The third-order valence-corrected chi connectivity index (χ3v) is 6.53. The molecule has 0 aliphatic rings. The minimum atomic E-state index is -4.25. The summed E-state index contributed by atoms with van der Waals surface area (Å²) >= 11 is 1.55. The van der Waals surface area contributed by atoms with Crippen molar-refractivity contribution < 1.29 is 26.4 Å². The van der Waals surface area contributed by atoms with E-state index in [0.717, 1.165) is 9.78 Å². The number of sulfonamides is 1. The number of carbonyl (C=O) groups excluding carboxylic acids is 1. The van der Waals surface area contributed by atoms with Crippen LogP contribution in [0.3, 0.4) is 0 Å². The van der Waals surface area contributed by atoms with Gasteiger partial charge in [-0.25, -0.2) is 13.1 Å². The number of carbonyl (C=O) groups is 1. The van der Waals surface area contributed by atoms with E-state index in [1.807, 2.05) is 17.5 Å². The van der Waals surface area contributed by atoms with E-state index < -0.39 is 28.7 Å². The lowest BCUT2D eigenvalue weighted by atomic mass is 10.2. The molecule has 1 aromatic heterocycles. The number of thiophene rings is 1. The summed E-state index contributed by atoms with van der Waals surface area (Å²) in [6, 6.07) is 9.33. The van der Waals surface area contributed by atoms with Crippen molar-refractivity contribution >= 4 is 27.3 Å². The predicted molar refractivity (Wildman–Crippen MR) is 110 cm³/mol. The zero-order valence-electron chi connectivity index (χ0n) is 16.4. The van der Waals surface area contributed by atoms with Crippen molar-refractivity contribution in [3.05, 3.63) is 52.2 Å². The Bertz CT molecular complexity index is 899. The van der Waals surface area contributed by atoms with Gasteiger partial charge in [0.05, 0.1) is 11.4 Å². The molecule has 1 heterocycles. The summed E-state index contributed by atoms with van der Waals surface area (Å²) in [7, 11) is -2.31. The fourth-order valence-corrected chi connectivity index (χ4v) is 4.41. The summed E-state index contributed by atoms with van der Waals surface area (Å²) in [5, 5.41) is 4.54. The summed E-state index contributed by atoms with van der Waals surface area (Å²) < 4.78 is 63.9. The molecule has 0 unspecified atom stereocenters. The first kappa shape index (κ1) is 24.3. The van der Waals surface area contributed by atoms with Gasteiger partial charge in [0.15, 0.2) is 0 Å². The SMILES string of the molecule is CN(CCCNC(=O)c1ccc(S(=O)(=O)NCCc2cccs2)cc1)CC(F)(F)F. The number of nitrogens with zero attached hydrogens (tertiary/aromatic N) is 1. The molecule has 2 rings (SSSR count). The lowest BCUT2D eigenvalue weighted by Crippen LogP contribution is -2.33. The van der Waals surface area contributed by atoms with Crippen molar-refractivity contribution in [2.75, 3.05) is 33.2 Å². The van der Waals surface area contributed by atoms with Crippen molar-refractivity contribution in [2.45, 2.75) is 23.9 Å². The van der Waals surface area contributed by atoms with Crippen molar-refractivity contribution in [3.8, 4) is 0 Å². The van der Waals surface area contributed by atoms with E-state index in [0.29, 0.717) is 12.8 Å². The number of nitrogens with one attached hydrogen (secondary N) is 2. The van der Waals surface area contributed by atoms with Crippen LogP contribution in [0.5, 0.6) is 0 Å². The molecule has 2 N–H and O–H groups in total. The highest BCUT2D eigenvalue weighted by Crippen LogP contribution is 2.15. The number of hydrogen-bond acceptors (Lipinski definition) is 5. The monoisotopic (exact) mass is 463 g/mol. The van der Waals surface area contributed by atoms with Gasteiger partial charge in [-0.2, -0.15) is 13.2 Å². The van der Waals surface area contributed by atoms with Crippen molar-refractivity contribution in [1.29, 1.82) is 0 Å². The Morgan fingerprint density at radius 1 is 1.13 bits per heavy atom. The Morgan fingerprint density at radius 2 is 1.83 bits per heavy atom. The Morgan fingerprint density at radius 3 is 2.43 bits per heavy atom. The van der Waals surface area contributed by atoms with Gasteiger partial charge in [-0.3, -0.25) is 9.69 Å². The van der Waals surface area contributed by atoms with Crippen molar-refractivity contribution in [2.24, 2.45) is 0 Å². The van der Waals surface area contributed by atoms with E-state index in [2.05, 4.69) is 10.0 Å². The molecule has 0 aliphatic carbocycles. The molecule has 166 valence electrons. The summed E-state index contributed by atoms with van der Waals surface area (Å²) in [4.78, 5) is 14.4. The molecule has 11 heteroatoms. The molecule has 1 amide bonds. The maximum absolute atomic E-state index is 12.3. The smallest absolute Gasteiger partial charge is 0.352 e. The van der Waals surface area contributed by atoms with Crippen LogP contribution in [0.1, 0.15) is 21.7 Å². The minimum absolute atomic E-state index is 0.0546. The molecule has 0 aliphatic heterocycles. The lowest BCUT2D eigenvalue weighted by Gasteiger charge is -2.18. The number of halogens is 3. The average Bonchev–Trinajstić information content (AvgIpc) is 3.17. The highest BCUT2D eigenvalue weighted by atomic mass is 32.2. The predicted octanol–water partition coefficient (Wildman–Crippen LogP) is 2.88. The highest BCUT2D eigenvalue weighted by molar-refractivity contribution is 7.89. The van der Waals surface area contributed by atoms with E-state index in [4.69, 9.17) is 0 Å². The first-order valence-electron chi connectivity index (χ1n) is 9.22. The Balaban J connectivity index is 1.77. The summed E-state index contributed by atoms with van der Waals surface area (Å²) in [6.45, 7) is -0.328. The molecule has 0 saturated heterocycles. The molecule has 30 heavy (non-hydrogen) atoms. The molecule has 6 nitrogen and oxygen atoms in total. The van der Waals surface area contributed by atoms with E-state index in [1.165, 1.54) is 31.3 Å². The Kier molecular flexibility index (Phi) is 8.83. The number of benzene rings is 1. The lowest BCUT2D eigenvalue weighted by molar-refractivity contribution is -0.143. The third kappa shape index (κ3) is 8.42. The molecule has 2 aromatic rings. The van der Waals surface area contributed by atoms with Gasteiger partial charge in [-0.15, -0.1) is 11.3 Å². The van der Waals surface area contributed by atoms with Crippen LogP contribution in [0.25, 0.3) is 0 Å². The third-order valence-electron chi connectivity index (χ3n) is 4.12. The molecule has 0 saturated carbocycles. The molecule has 0 atom stereocenters. The maximum Gasteiger partial charge on any atom is 0.401 e. The van der Waals surface area contributed by atoms with Gasteiger partial charge in [0, 0.05) is 23.5 Å². The number of alkyl halides is 3. The van der Waals surface area contributed by atoms with Crippen LogP contribution in [0.4, 0.5) is 13.2 Å². The second kappa shape index (κ2) is 10.9. The van der Waals surface area contributed by atoms with Crippen LogP contribution in [-0.4, -0.2) is 58.6 Å². The maximum atomic E-state index is 12.3. The van der Waals surface area contributed by atoms with Gasteiger partial charge in [0.25, 0.3) is 5.91 Å². The molecule has 0 spiro atoms. The fourth-order valence-electron chi connectivity index (χ4n) is 2.67. The van der Waals surface area contributed by atoms with Gasteiger partial charge in [-0.1, -0.05) is 6.07 Å². The Labute approximate surface area is 178 Å². The normalized spacial score (nSPS) is 12.3. The largest absolute Gasteiger partial charge is 0.401 e. The topological polar surface area (TPSA) is 78.5 Å². The van der Waals surface area contributed by atoms with E-state index in [1.54, 1.807) is 11.3 Å². The van der Waals surface area contributed by atoms with Crippen LogP contribution >= 0.6 is 11.3 Å². The second-order valence-corrected chi connectivity index (χ2v) is 9.51. The van der Waals surface area contributed by atoms with Gasteiger partial charge < -0.3 is 5.32 Å². The molecule has 0 fully saturated rings. The minimum Gasteiger partial charge on any atom is -0.352 e. The van der Waals surface area contributed by atoms with Crippen LogP contribution in [0.2, 0.25) is 0 Å². The summed E-state index contributed by atoms with van der Waals surface area (Å²) in [5.41, 5.74) is 0.274. The first-order chi connectivity index (χ1) is 14.1. The first-order valence-corrected chi connectivity index (χ1v) is 11.6. The fraction of sp³-hybridized carbons (Fsp3) is 0.421. The van der Waals surface area contributed by atoms with Crippen molar-refractivity contribution in [1.82, 2.24) is 14.9 Å². The molecule has 0 radical (unpaired) electrons. The van der Waals surface area contributed by atoms with Crippen LogP contribution in [-0.2, 0) is 16.4 Å². The zero-order chi connectivity index (χ0) is 22.2. The number of hydrogen-bond donors (Lipinski definition) is 2. The molecular formula is C19H24F3N3O3S2. The van der Waals surface area contributed by atoms with E-state index >= 15 is 0 Å². The van der Waals surface area contributed by atoms with Gasteiger partial charge >= 0.3 is 6.18 Å². The summed E-state index contributed by atoms with van der Waals surface area (Å²) in [5.74, 6) is -0.414. The molecular weight excluding hydrogens is 439 g/mol. The van der Waals surface area contributed by atoms with Crippen LogP contribution in [0, 0.1) is 0 Å². The van der Waals surface area contributed by atoms with Crippen molar-refractivity contribution in [3.63, 3.8) is 0 Å². The Hall–Kier alpha value is -1.95. The molecule has 0 bridgehead atoms. The average molecular weight is 464 g/mol. The van der Waals surface area contributed by atoms with E-state index in [9.17, 15) is 26.4 Å². The zero-order valence-corrected chi connectivity index (χ0v) is 18.0. The van der Waals surface area contributed by atoms with Crippen LogP contribution < -0.4 is 10.0 Å². The number of amides is 1. The van der Waals surface area contributed by atoms with Crippen LogP contribution in [0.15, 0.2) is 46.7 Å². The highest BCUT2D eigenvalue weighted by Gasteiger charge is 2.28. The second-order valence-electron chi connectivity index (χ2n) is 6.71. The standard InChI is InChI=1S/C19H24F3N3O3S2/c1-25(14-19(20,21)22)12-3-10-23-18(26)15-5-7-17(8-6-15)30(27,28)24-11-9-16-4-2-13-29-16/h2,4-8,13,24H,3,9-12,14H2,1H3,(H,23,26). The summed E-state index contributed by atoms with van der Waals surface area (Å²) in [6.07, 6.45) is -3.30. The number of rotatable bonds is 11.